The van der Waals surface area contributed by atoms with Gasteiger partial charge in [0.25, 0.3) is 0 Å². The van der Waals surface area contributed by atoms with Crippen molar-refractivity contribution >= 4 is 23.8 Å². The van der Waals surface area contributed by atoms with Crippen molar-refractivity contribution in [2.75, 3.05) is 19.6 Å². The van der Waals surface area contributed by atoms with Gasteiger partial charge in [-0.3, -0.25) is 14.4 Å². The summed E-state index contributed by atoms with van der Waals surface area (Å²) < 4.78 is 46.9. The van der Waals surface area contributed by atoms with Crippen LogP contribution in [0, 0.1) is 28.8 Å². The third-order valence-corrected chi connectivity index (χ3v) is 7.48. The molecule has 1 unspecified atom stereocenters. The number of halogens is 3. The van der Waals surface area contributed by atoms with E-state index in [2.05, 4.69) is 5.32 Å². The van der Waals surface area contributed by atoms with E-state index in [4.69, 9.17) is 10.5 Å². The van der Waals surface area contributed by atoms with Crippen LogP contribution in [0.15, 0.2) is 12.1 Å². The maximum Gasteiger partial charge on any atom is 0.407 e. The Bertz CT molecular complexity index is 1150. The molecule has 3 N–H and O–H groups in total. The minimum Gasteiger partial charge on any atom is -0.444 e. The van der Waals surface area contributed by atoms with E-state index < -0.39 is 46.5 Å². The van der Waals surface area contributed by atoms with Crippen molar-refractivity contribution < 1.29 is 37.1 Å². The standard InChI is InChI=1S/C26H33F3N4O5/c1-25(2,3)38-24(37)31-16(8-15-9-18(28)19(29)11-17(15)27)10-21(34)33-7-4-14-12-32(13-20(14)33)23(36)26(5-6-26)22(30)35/h9,11,14,16,20H,4-8,10,12-13H2,1-3H3,(H2,30,35)(H,31,37)/t14?,16-,20-/m1/s1. The first kappa shape index (κ1) is 27.7. The summed E-state index contributed by atoms with van der Waals surface area (Å²) in [4.78, 5) is 53.8. The highest BCUT2D eigenvalue weighted by Gasteiger charge is 2.59. The second-order valence-corrected chi connectivity index (χ2v) is 11.5. The van der Waals surface area contributed by atoms with Crippen LogP contribution in [0.2, 0.25) is 0 Å². The summed E-state index contributed by atoms with van der Waals surface area (Å²) in [7, 11) is 0. The van der Waals surface area contributed by atoms with Gasteiger partial charge in [-0.15, -0.1) is 0 Å². The molecule has 1 saturated carbocycles. The summed E-state index contributed by atoms with van der Waals surface area (Å²) >= 11 is 0. The first-order chi connectivity index (χ1) is 17.7. The van der Waals surface area contributed by atoms with Crippen molar-refractivity contribution in [3.8, 4) is 0 Å². The molecule has 1 aromatic carbocycles. The second kappa shape index (κ2) is 10.1. The number of nitrogens with one attached hydrogen (secondary N) is 1. The van der Waals surface area contributed by atoms with Gasteiger partial charge in [0, 0.05) is 44.1 Å². The largest absolute Gasteiger partial charge is 0.444 e. The van der Waals surface area contributed by atoms with E-state index in [0.717, 1.165) is 0 Å². The summed E-state index contributed by atoms with van der Waals surface area (Å²) in [6, 6.07) is -0.111. The number of ether oxygens (including phenoxy) is 1. The Balaban J connectivity index is 1.46. The molecule has 1 aliphatic carbocycles. The van der Waals surface area contributed by atoms with Crippen LogP contribution in [0.4, 0.5) is 18.0 Å². The fraction of sp³-hybridized carbons (Fsp3) is 0.615. The predicted octanol–water partition coefficient (Wildman–Crippen LogP) is 2.25. The smallest absolute Gasteiger partial charge is 0.407 e. The highest BCUT2D eigenvalue weighted by molar-refractivity contribution is 6.07. The molecule has 0 spiro atoms. The molecule has 2 aliphatic heterocycles. The van der Waals surface area contributed by atoms with Crippen molar-refractivity contribution in [2.45, 2.75) is 70.6 Å². The number of fused-ring (bicyclic) bond motifs is 1. The maximum absolute atomic E-state index is 14.4. The predicted molar refractivity (Wildman–Crippen MR) is 129 cm³/mol. The minimum atomic E-state index is -1.34. The molecule has 0 bridgehead atoms. The number of likely N-dealkylation sites (tertiary alicyclic amines) is 2. The Morgan fingerprint density at radius 3 is 2.37 bits per heavy atom. The van der Waals surface area contributed by atoms with Gasteiger partial charge in [-0.25, -0.2) is 18.0 Å². The molecule has 12 heteroatoms. The van der Waals surface area contributed by atoms with Gasteiger partial charge in [0.1, 0.15) is 16.8 Å². The molecule has 2 heterocycles. The SMILES string of the molecule is CC(C)(C)OC(=O)N[C@@H](CC(=O)N1CCC2CN(C(=O)C3(C(N)=O)CC3)C[C@H]21)Cc1cc(F)c(F)cc1F. The monoisotopic (exact) mass is 538 g/mol. The van der Waals surface area contributed by atoms with Crippen LogP contribution in [-0.4, -0.2) is 70.9 Å². The third kappa shape index (κ3) is 5.73. The van der Waals surface area contributed by atoms with Crippen LogP contribution < -0.4 is 11.1 Å². The van der Waals surface area contributed by atoms with E-state index >= 15 is 0 Å². The van der Waals surface area contributed by atoms with Gasteiger partial charge in [0.15, 0.2) is 11.6 Å². The van der Waals surface area contributed by atoms with E-state index in [9.17, 15) is 32.3 Å². The number of amides is 4. The molecule has 208 valence electrons. The van der Waals surface area contributed by atoms with Gasteiger partial charge in [-0.05, 0) is 58.1 Å². The van der Waals surface area contributed by atoms with Crippen LogP contribution >= 0.6 is 0 Å². The lowest BCUT2D eigenvalue weighted by molar-refractivity contribution is -0.143. The molecule has 3 aliphatic rings. The number of nitrogens with zero attached hydrogens (tertiary/aromatic N) is 2. The summed E-state index contributed by atoms with van der Waals surface area (Å²) in [6.07, 6.45) is 0.145. The molecule has 0 aromatic heterocycles. The molecule has 38 heavy (non-hydrogen) atoms. The van der Waals surface area contributed by atoms with Crippen molar-refractivity contribution in [3.63, 3.8) is 0 Å². The maximum atomic E-state index is 14.4. The van der Waals surface area contributed by atoms with E-state index in [0.29, 0.717) is 44.5 Å². The zero-order valence-electron chi connectivity index (χ0n) is 21.7. The first-order valence-corrected chi connectivity index (χ1v) is 12.7. The molecule has 9 nitrogen and oxygen atoms in total. The van der Waals surface area contributed by atoms with Crippen LogP contribution in [-0.2, 0) is 25.5 Å². The molecular weight excluding hydrogens is 505 g/mol. The molecule has 4 amide bonds. The van der Waals surface area contributed by atoms with E-state index in [1.807, 2.05) is 0 Å². The van der Waals surface area contributed by atoms with Crippen LogP contribution in [0.5, 0.6) is 0 Å². The average molecular weight is 539 g/mol. The zero-order chi connectivity index (χ0) is 28.0. The Hall–Kier alpha value is -3.31. The van der Waals surface area contributed by atoms with Crippen LogP contribution in [0.25, 0.3) is 0 Å². The van der Waals surface area contributed by atoms with Gasteiger partial charge in [0.05, 0.1) is 6.04 Å². The normalized spacial score (nSPS) is 22.6. The molecule has 3 fully saturated rings. The van der Waals surface area contributed by atoms with Gasteiger partial charge >= 0.3 is 6.09 Å². The fourth-order valence-corrected chi connectivity index (χ4v) is 5.39. The number of alkyl carbamates (subject to hydrolysis) is 1. The van der Waals surface area contributed by atoms with Gasteiger partial charge in [-0.1, -0.05) is 0 Å². The Kier molecular flexibility index (Phi) is 7.37. The van der Waals surface area contributed by atoms with Crippen LogP contribution in [0.3, 0.4) is 0 Å². The van der Waals surface area contributed by atoms with Crippen molar-refractivity contribution in [1.82, 2.24) is 15.1 Å². The number of hydrogen-bond donors (Lipinski definition) is 2. The molecule has 3 atom stereocenters. The van der Waals surface area contributed by atoms with Gasteiger partial charge in [0.2, 0.25) is 17.7 Å². The van der Waals surface area contributed by atoms with E-state index in [-0.39, 0.29) is 48.7 Å². The van der Waals surface area contributed by atoms with E-state index in [1.54, 1.807) is 30.6 Å². The number of nitrogens with two attached hydrogens (primary N) is 1. The molecule has 0 radical (unpaired) electrons. The minimum absolute atomic E-state index is 0.0347. The molecular formula is C26H33F3N4O5. The second-order valence-electron chi connectivity index (χ2n) is 11.5. The average Bonchev–Trinajstić information content (AvgIpc) is 3.36. The highest BCUT2D eigenvalue weighted by atomic mass is 19.2. The quantitative estimate of drug-likeness (QED) is 0.408. The molecule has 1 aromatic rings. The number of rotatable bonds is 7. The first-order valence-electron chi connectivity index (χ1n) is 12.7. The van der Waals surface area contributed by atoms with Crippen molar-refractivity contribution in [1.29, 1.82) is 0 Å². The summed E-state index contributed by atoms with van der Waals surface area (Å²) in [6.45, 7) is 6.10. The summed E-state index contributed by atoms with van der Waals surface area (Å²) in [5, 5.41) is 2.56. The summed E-state index contributed by atoms with van der Waals surface area (Å²) in [5.41, 5.74) is 3.28. The van der Waals surface area contributed by atoms with Gasteiger partial charge in [-0.2, -0.15) is 0 Å². The van der Waals surface area contributed by atoms with Crippen molar-refractivity contribution in [3.05, 3.63) is 35.1 Å². The lowest BCUT2D eigenvalue weighted by Gasteiger charge is -2.29. The lowest BCUT2D eigenvalue weighted by atomic mass is 10.0. The number of carbonyl (C=O) groups excluding carboxylic acids is 4. The Labute approximate surface area is 218 Å². The number of carbonyl (C=O) groups is 4. The van der Waals surface area contributed by atoms with E-state index in [1.165, 1.54) is 0 Å². The topological polar surface area (TPSA) is 122 Å². The molecule has 4 rings (SSSR count). The number of benzene rings is 1. The van der Waals surface area contributed by atoms with Gasteiger partial charge < -0.3 is 25.6 Å². The van der Waals surface area contributed by atoms with Crippen molar-refractivity contribution in [2.24, 2.45) is 17.1 Å². The Morgan fingerprint density at radius 1 is 1.11 bits per heavy atom. The third-order valence-electron chi connectivity index (χ3n) is 7.48. The number of hydrogen-bond acceptors (Lipinski definition) is 5. The molecule has 2 saturated heterocycles. The number of primary amides is 1. The fourth-order valence-electron chi connectivity index (χ4n) is 5.39. The van der Waals surface area contributed by atoms with Crippen LogP contribution in [0.1, 0.15) is 52.0 Å². The Morgan fingerprint density at radius 2 is 1.76 bits per heavy atom. The summed E-state index contributed by atoms with van der Waals surface area (Å²) in [5.74, 6) is -4.82. The highest BCUT2D eigenvalue weighted by Crippen LogP contribution is 2.48. The zero-order valence-corrected chi connectivity index (χ0v) is 21.7. The lowest BCUT2D eigenvalue weighted by Crippen LogP contribution is -2.47.